The van der Waals surface area contributed by atoms with Crippen molar-refractivity contribution in [3.05, 3.63) is 64.7 Å². The molecule has 0 fully saturated rings. The summed E-state index contributed by atoms with van der Waals surface area (Å²) in [6.45, 7) is 10.1. The molecule has 0 unspecified atom stereocenters. The number of benzene rings is 2. The summed E-state index contributed by atoms with van der Waals surface area (Å²) in [5.41, 5.74) is 3.18. The van der Waals surface area contributed by atoms with Gasteiger partial charge in [-0.25, -0.2) is 0 Å². The highest BCUT2D eigenvalue weighted by atomic mass is 16.5. The summed E-state index contributed by atoms with van der Waals surface area (Å²) in [4.78, 5) is 24.7. The standard InChI is InChI=1S/C23H28O4/c1-6-26-22(25)23(4,5)14-21(24)18-11-8-12-19(13-18)27-15-20-16(2)9-7-10-17(20)3/h7-13H,6,14-15H2,1-5H3. The highest BCUT2D eigenvalue weighted by molar-refractivity contribution is 5.99. The first-order valence-electron chi connectivity index (χ1n) is 9.23. The Labute approximate surface area is 161 Å². The van der Waals surface area contributed by atoms with E-state index in [4.69, 9.17) is 9.47 Å². The molecule has 0 atom stereocenters. The predicted octanol–water partition coefficient (Wildman–Crippen LogP) is 5.04. The lowest BCUT2D eigenvalue weighted by molar-refractivity contribution is -0.153. The summed E-state index contributed by atoms with van der Waals surface area (Å²) in [5.74, 6) is 0.170. The van der Waals surface area contributed by atoms with Gasteiger partial charge < -0.3 is 9.47 Å². The highest BCUT2D eigenvalue weighted by Gasteiger charge is 2.32. The van der Waals surface area contributed by atoms with E-state index in [0.29, 0.717) is 24.5 Å². The zero-order valence-electron chi connectivity index (χ0n) is 16.8. The molecule has 2 aromatic carbocycles. The van der Waals surface area contributed by atoms with Gasteiger partial charge in [0.15, 0.2) is 5.78 Å². The van der Waals surface area contributed by atoms with Gasteiger partial charge in [0, 0.05) is 12.0 Å². The van der Waals surface area contributed by atoms with Crippen molar-refractivity contribution in [2.75, 3.05) is 6.61 Å². The molecule has 0 aliphatic carbocycles. The van der Waals surface area contributed by atoms with Crippen molar-refractivity contribution in [1.29, 1.82) is 0 Å². The van der Waals surface area contributed by atoms with Gasteiger partial charge in [0.25, 0.3) is 0 Å². The van der Waals surface area contributed by atoms with E-state index < -0.39 is 5.41 Å². The maximum Gasteiger partial charge on any atom is 0.311 e. The SMILES string of the molecule is CCOC(=O)C(C)(C)CC(=O)c1cccc(OCc2c(C)cccc2C)c1. The van der Waals surface area contributed by atoms with Crippen LogP contribution < -0.4 is 4.74 Å². The van der Waals surface area contributed by atoms with E-state index in [2.05, 4.69) is 26.0 Å². The fourth-order valence-electron chi connectivity index (χ4n) is 2.89. The van der Waals surface area contributed by atoms with Crippen molar-refractivity contribution in [1.82, 2.24) is 0 Å². The monoisotopic (exact) mass is 368 g/mol. The van der Waals surface area contributed by atoms with Crippen LogP contribution in [0.5, 0.6) is 5.75 Å². The van der Waals surface area contributed by atoms with Gasteiger partial charge >= 0.3 is 5.97 Å². The number of esters is 1. The minimum Gasteiger partial charge on any atom is -0.489 e. The van der Waals surface area contributed by atoms with Gasteiger partial charge in [0.05, 0.1) is 12.0 Å². The second-order valence-electron chi connectivity index (χ2n) is 7.39. The quantitative estimate of drug-likeness (QED) is 0.483. The fourth-order valence-corrected chi connectivity index (χ4v) is 2.89. The molecule has 0 radical (unpaired) electrons. The third-order valence-electron chi connectivity index (χ3n) is 4.61. The number of ether oxygens (including phenoxy) is 2. The molecule has 4 heteroatoms. The van der Waals surface area contributed by atoms with Gasteiger partial charge in [-0.1, -0.05) is 30.3 Å². The molecule has 0 saturated carbocycles. The number of ketones is 1. The molecule has 0 amide bonds. The molecule has 0 spiro atoms. The van der Waals surface area contributed by atoms with Crippen LogP contribution in [0.3, 0.4) is 0 Å². The van der Waals surface area contributed by atoms with Crippen molar-refractivity contribution in [3.63, 3.8) is 0 Å². The average molecular weight is 368 g/mol. The maximum atomic E-state index is 12.6. The van der Waals surface area contributed by atoms with E-state index in [1.54, 1.807) is 39.0 Å². The molecule has 2 aromatic rings. The van der Waals surface area contributed by atoms with E-state index in [1.807, 2.05) is 12.1 Å². The number of aryl methyl sites for hydroxylation is 2. The first kappa shape index (κ1) is 20.7. The Kier molecular flexibility index (Phi) is 6.78. The van der Waals surface area contributed by atoms with Crippen molar-refractivity contribution in [3.8, 4) is 5.75 Å². The number of hydrogen-bond acceptors (Lipinski definition) is 4. The Morgan fingerprint density at radius 2 is 1.63 bits per heavy atom. The van der Waals surface area contributed by atoms with Crippen molar-refractivity contribution < 1.29 is 19.1 Å². The van der Waals surface area contributed by atoms with Gasteiger partial charge in [-0.3, -0.25) is 9.59 Å². The highest BCUT2D eigenvalue weighted by Crippen LogP contribution is 2.26. The number of hydrogen-bond donors (Lipinski definition) is 0. The third kappa shape index (κ3) is 5.43. The molecule has 2 rings (SSSR count). The summed E-state index contributed by atoms with van der Waals surface area (Å²) in [6.07, 6.45) is 0.0895. The number of carbonyl (C=O) groups excluding carboxylic acids is 2. The van der Waals surface area contributed by atoms with Gasteiger partial charge in [0.2, 0.25) is 0 Å². The van der Waals surface area contributed by atoms with Crippen LogP contribution in [0.15, 0.2) is 42.5 Å². The molecule has 0 aliphatic heterocycles. The molecular weight excluding hydrogens is 340 g/mol. The number of Topliss-reactive ketones (excluding diaryl/α,β-unsaturated/α-hetero) is 1. The smallest absolute Gasteiger partial charge is 0.311 e. The van der Waals surface area contributed by atoms with Gasteiger partial charge in [0.1, 0.15) is 12.4 Å². The lowest BCUT2D eigenvalue weighted by Crippen LogP contribution is -2.29. The van der Waals surface area contributed by atoms with Gasteiger partial charge in [-0.05, 0) is 63.4 Å². The van der Waals surface area contributed by atoms with Crippen molar-refractivity contribution in [2.45, 2.75) is 47.6 Å². The normalized spacial score (nSPS) is 11.1. The summed E-state index contributed by atoms with van der Waals surface area (Å²) in [5, 5.41) is 0. The first-order valence-corrected chi connectivity index (χ1v) is 9.23. The summed E-state index contributed by atoms with van der Waals surface area (Å²) in [6, 6.07) is 13.3. The predicted molar refractivity (Wildman–Crippen MR) is 106 cm³/mol. The Morgan fingerprint density at radius 1 is 1.00 bits per heavy atom. The summed E-state index contributed by atoms with van der Waals surface area (Å²) in [7, 11) is 0. The van der Waals surface area contributed by atoms with Gasteiger partial charge in [-0.2, -0.15) is 0 Å². The van der Waals surface area contributed by atoms with E-state index in [0.717, 1.165) is 5.56 Å². The molecule has 0 aromatic heterocycles. The lowest BCUT2D eigenvalue weighted by Gasteiger charge is -2.21. The van der Waals surface area contributed by atoms with E-state index in [9.17, 15) is 9.59 Å². The summed E-state index contributed by atoms with van der Waals surface area (Å²) < 4.78 is 11.0. The second kappa shape index (κ2) is 8.85. The molecule has 4 nitrogen and oxygen atoms in total. The Morgan fingerprint density at radius 3 is 2.26 bits per heavy atom. The molecule has 144 valence electrons. The number of carbonyl (C=O) groups is 2. The third-order valence-corrected chi connectivity index (χ3v) is 4.61. The molecule has 0 heterocycles. The summed E-state index contributed by atoms with van der Waals surface area (Å²) >= 11 is 0. The van der Waals surface area contributed by atoms with Gasteiger partial charge in [-0.15, -0.1) is 0 Å². The molecule has 0 saturated heterocycles. The fraction of sp³-hybridized carbons (Fsp3) is 0.391. The van der Waals surface area contributed by atoms with E-state index in [-0.39, 0.29) is 18.2 Å². The van der Waals surface area contributed by atoms with Crippen LogP contribution in [-0.4, -0.2) is 18.4 Å². The van der Waals surface area contributed by atoms with E-state index >= 15 is 0 Å². The molecule has 27 heavy (non-hydrogen) atoms. The van der Waals surface area contributed by atoms with E-state index in [1.165, 1.54) is 11.1 Å². The van der Waals surface area contributed by atoms with Crippen LogP contribution in [0.25, 0.3) is 0 Å². The number of rotatable bonds is 8. The molecule has 0 bridgehead atoms. The molecular formula is C23H28O4. The zero-order chi connectivity index (χ0) is 20.0. The van der Waals surface area contributed by atoms with Crippen LogP contribution in [0.2, 0.25) is 0 Å². The van der Waals surface area contributed by atoms with Crippen LogP contribution in [0.1, 0.15) is 54.2 Å². The maximum absolute atomic E-state index is 12.6. The zero-order valence-corrected chi connectivity index (χ0v) is 16.8. The Hall–Kier alpha value is -2.62. The van der Waals surface area contributed by atoms with Crippen LogP contribution >= 0.6 is 0 Å². The average Bonchev–Trinajstić information content (AvgIpc) is 2.61. The molecule has 0 N–H and O–H groups in total. The topological polar surface area (TPSA) is 52.6 Å². The van der Waals surface area contributed by atoms with Crippen LogP contribution in [0.4, 0.5) is 0 Å². The first-order chi connectivity index (χ1) is 12.7. The minimum atomic E-state index is -0.859. The lowest BCUT2D eigenvalue weighted by atomic mass is 9.85. The Balaban J connectivity index is 2.08. The molecule has 0 aliphatic rings. The van der Waals surface area contributed by atoms with Crippen molar-refractivity contribution >= 4 is 11.8 Å². The second-order valence-corrected chi connectivity index (χ2v) is 7.39. The van der Waals surface area contributed by atoms with Crippen molar-refractivity contribution in [2.24, 2.45) is 5.41 Å². The minimum absolute atomic E-state index is 0.0895. The Bertz CT molecular complexity index is 801. The van der Waals surface area contributed by atoms with Crippen LogP contribution in [-0.2, 0) is 16.1 Å². The van der Waals surface area contributed by atoms with Crippen LogP contribution in [0, 0.1) is 19.3 Å². The largest absolute Gasteiger partial charge is 0.489 e.